The van der Waals surface area contributed by atoms with Gasteiger partial charge in [-0.3, -0.25) is 0 Å². The van der Waals surface area contributed by atoms with Crippen LogP contribution in [0.25, 0.3) is 0 Å². The second-order valence-electron chi connectivity index (χ2n) is 5.36. The summed E-state index contributed by atoms with van der Waals surface area (Å²) < 4.78 is 53.4. The molecule has 3 atom stereocenters. The summed E-state index contributed by atoms with van der Waals surface area (Å²) in [6, 6.07) is 0.0527. The minimum absolute atomic E-state index is 0.172. The average molecular weight is 275 g/mol. The van der Waals surface area contributed by atoms with Gasteiger partial charge in [0.15, 0.2) is 23.3 Å². The summed E-state index contributed by atoms with van der Waals surface area (Å²) in [6.07, 6.45) is 2.73. The summed E-state index contributed by atoms with van der Waals surface area (Å²) in [5.74, 6) is -4.86. The quantitative estimate of drug-likeness (QED) is 0.620. The van der Waals surface area contributed by atoms with Crippen LogP contribution in [0.4, 0.5) is 23.2 Å². The molecule has 1 nitrogen and oxygen atoms in total. The zero-order valence-corrected chi connectivity index (χ0v) is 10.9. The van der Waals surface area contributed by atoms with Crippen molar-refractivity contribution in [1.29, 1.82) is 0 Å². The predicted molar refractivity (Wildman–Crippen MR) is 65.9 cm³/mol. The molecule has 1 aromatic carbocycles. The van der Waals surface area contributed by atoms with E-state index in [2.05, 4.69) is 12.2 Å². The van der Waals surface area contributed by atoms with E-state index >= 15 is 0 Å². The zero-order valence-electron chi connectivity index (χ0n) is 10.9. The fourth-order valence-corrected chi connectivity index (χ4v) is 2.67. The van der Waals surface area contributed by atoms with Crippen LogP contribution < -0.4 is 5.32 Å². The smallest absolute Gasteiger partial charge is 0.185 e. The van der Waals surface area contributed by atoms with Gasteiger partial charge in [-0.2, -0.15) is 0 Å². The lowest BCUT2D eigenvalue weighted by molar-refractivity contribution is 0.252. The minimum Gasteiger partial charge on any atom is -0.377 e. The zero-order chi connectivity index (χ0) is 14.2. The Labute approximate surface area is 110 Å². The highest BCUT2D eigenvalue weighted by atomic mass is 19.2. The molecule has 0 heterocycles. The van der Waals surface area contributed by atoms with E-state index in [-0.39, 0.29) is 18.0 Å². The fraction of sp³-hybridized carbons (Fsp3) is 0.571. The number of hydrogen-bond donors (Lipinski definition) is 1. The molecule has 1 aliphatic rings. The minimum atomic E-state index is -1.38. The number of halogens is 4. The molecule has 0 spiro atoms. The van der Waals surface area contributed by atoms with Crippen LogP contribution in [0.15, 0.2) is 6.07 Å². The number of anilines is 1. The van der Waals surface area contributed by atoms with Crippen molar-refractivity contribution in [2.75, 3.05) is 5.32 Å². The van der Waals surface area contributed by atoms with Gasteiger partial charge in [-0.25, -0.2) is 17.6 Å². The van der Waals surface area contributed by atoms with Crippen molar-refractivity contribution >= 4 is 5.69 Å². The topological polar surface area (TPSA) is 12.0 Å². The third kappa shape index (κ3) is 2.69. The van der Waals surface area contributed by atoms with Crippen molar-refractivity contribution in [3.63, 3.8) is 0 Å². The standard InChI is InChI=1S/C14H17F4N/c1-7-4-3-5-11(8(7)2)19-14-12(17)9(15)6-10(16)13(14)18/h6-8,11,19H,3-5H2,1-2H3. The number of nitrogens with one attached hydrogen (secondary N) is 1. The molecular formula is C14H17F4N. The average Bonchev–Trinajstić information content (AvgIpc) is 2.37. The van der Waals surface area contributed by atoms with E-state index < -0.39 is 29.0 Å². The van der Waals surface area contributed by atoms with Crippen LogP contribution in [0, 0.1) is 35.1 Å². The van der Waals surface area contributed by atoms with Crippen LogP contribution in [0.2, 0.25) is 0 Å². The van der Waals surface area contributed by atoms with E-state index in [0.717, 1.165) is 19.3 Å². The van der Waals surface area contributed by atoms with Gasteiger partial charge in [0.2, 0.25) is 0 Å². The monoisotopic (exact) mass is 275 g/mol. The van der Waals surface area contributed by atoms with E-state index in [4.69, 9.17) is 0 Å². The Morgan fingerprint density at radius 1 is 1.00 bits per heavy atom. The lowest BCUT2D eigenvalue weighted by Crippen LogP contribution is -2.35. The van der Waals surface area contributed by atoms with Crippen molar-refractivity contribution in [1.82, 2.24) is 0 Å². The van der Waals surface area contributed by atoms with E-state index in [0.29, 0.717) is 5.92 Å². The molecular weight excluding hydrogens is 258 g/mol. The van der Waals surface area contributed by atoms with Crippen LogP contribution >= 0.6 is 0 Å². The van der Waals surface area contributed by atoms with Crippen LogP contribution in [0.1, 0.15) is 33.1 Å². The molecule has 106 valence electrons. The normalized spacial score (nSPS) is 27.4. The van der Waals surface area contributed by atoms with Gasteiger partial charge in [0, 0.05) is 12.1 Å². The van der Waals surface area contributed by atoms with Crippen LogP contribution in [-0.4, -0.2) is 6.04 Å². The maximum Gasteiger partial charge on any atom is 0.185 e. The van der Waals surface area contributed by atoms with Gasteiger partial charge in [-0.05, 0) is 18.3 Å². The molecule has 1 N–H and O–H groups in total. The maximum atomic E-state index is 13.6. The molecule has 1 saturated carbocycles. The summed E-state index contributed by atoms with van der Waals surface area (Å²) in [5, 5.41) is 2.65. The molecule has 0 radical (unpaired) electrons. The maximum absolute atomic E-state index is 13.6. The Balaban J connectivity index is 2.28. The van der Waals surface area contributed by atoms with Gasteiger partial charge in [-0.15, -0.1) is 0 Å². The first-order valence-electron chi connectivity index (χ1n) is 6.51. The number of hydrogen-bond acceptors (Lipinski definition) is 1. The first kappa shape index (κ1) is 14.2. The second-order valence-corrected chi connectivity index (χ2v) is 5.36. The van der Waals surface area contributed by atoms with Gasteiger partial charge in [0.25, 0.3) is 0 Å². The molecule has 1 aliphatic carbocycles. The van der Waals surface area contributed by atoms with Gasteiger partial charge in [0.05, 0.1) is 0 Å². The molecule has 0 aliphatic heterocycles. The highest BCUT2D eigenvalue weighted by Crippen LogP contribution is 2.33. The third-order valence-electron chi connectivity index (χ3n) is 4.15. The largest absolute Gasteiger partial charge is 0.377 e. The molecule has 1 aromatic rings. The van der Waals surface area contributed by atoms with Gasteiger partial charge in [-0.1, -0.05) is 26.7 Å². The molecule has 2 rings (SSSR count). The van der Waals surface area contributed by atoms with Crippen LogP contribution in [0.3, 0.4) is 0 Å². The molecule has 0 amide bonds. The second kappa shape index (κ2) is 5.39. The molecule has 1 fully saturated rings. The van der Waals surface area contributed by atoms with Crippen LogP contribution in [0.5, 0.6) is 0 Å². The molecule has 0 saturated heterocycles. The van der Waals surface area contributed by atoms with E-state index in [9.17, 15) is 17.6 Å². The summed E-state index contributed by atoms with van der Waals surface area (Å²) in [7, 11) is 0. The van der Waals surface area contributed by atoms with E-state index in [1.54, 1.807) is 0 Å². The van der Waals surface area contributed by atoms with Gasteiger partial charge >= 0.3 is 0 Å². The predicted octanol–water partition coefficient (Wildman–Crippen LogP) is 4.48. The first-order valence-corrected chi connectivity index (χ1v) is 6.51. The summed E-state index contributed by atoms with van der Waals surface area (Å²) >= 11 is 0. The molecule has 19 heavy (non-hydrogen) atoms. The van der Waals surface area contributed by atoms with Crippen molar-refractivity contribution in [3.8, 4) is 0 Å². The SMILES string of the molecule is CC1CCCC(Nc2c(F)c(F)cc(F)c2F)C1C. The lowest BCUT2D eigenvalue weighted by atomic mass is 9.78. The summed E-state index contributed by atoms with van der Waals surface area (Å²) in [6.45, 7) is 4.05. The third-order valence-corrected chi connectivity index (χ3v) is 4.15. The molecule has 0 aromatic heterocycles. The van der Waals surface area contributed by atoms with Crippen molar-refractivity contribution in [3.05, 3.63) is 29.3 Å². The summed E-state index contributed by atoms with van der Waals surface area (Å²) in [5.41, 5.74) is -0.691. The lowest BCUT2D eigenvalue weighted by Gasteiger charge is -2.35. The summed E-state index contributed by atoms with van der Waals surface area (Å²) in [4.78, 5) is 0. The Hall–Kier alpha value is -1.26. The van der Waals surface area contributed by atoms with E-state index in [1.165, 1.54) is 0 Å². The van der Waals surface area contributed by atoms with Crippen LogP contribution in [-0.2, 0) is 0 Å². The number of benzene rings is 1. The molecule has 3 unspecified atom stereocenters. The number of rotatable bonds is 2. The Bertz CT molecular complexity index is 449. The Kier molecular flexibility index (Phi) is 4.02. The van der Waals surface area contributed by atoms with Crippen molar-refractivity contribution in [2.45, 2.75) is 39.2 Å². The fourth-order valence-electron chi connectivity index (χ4n) is 2.67. The molecule has 0 bridgehead atoms. The Morgan fingerprint density at radius 2 is 1.58 bits per heavy atom. The van der Waals surface area contributed by atoms with Gasteiger partial charge < -0.3 is 5.32 Å². The highest BCUT2D eigenvalue weighted by molar-refractivity contribution is 5.48. The van der Waals surface area contributed by atoms with Crippen molar-refractivity contribution in [2.24, 2.45) is 11.8 Å². The van der Waals surface area contributed by atoms with Crippen molar-refractivity contribution < 1.29 is 17.6 Å². The van der Waals surface area contributed by atoms with Gasteiger partial charge in [0.1, 0.15) is 5.69 Å². The highest BCUT2D eigenvalue weighted by Gasteiger charge is 2.29. The van der Waals surface area contributed by atoms with E-state index in [1.807, 2.05) is 6.92 Å². The Morgan fingerprint density at radius 3 is 2.16 bits per heavy atom. The first-order chi connectivity index (χ1) is 8.91. The molecule has 5 heteroatoms.